The van der Waals surface area contributed by atoms with E-state index in [4.69, 9.17) is 0 Å². The van der Waals surface area contributed by atoms with E-state index in [1.54, 1.807) is 11.3 Å². The highest BCUT2D eigenvalue weighted by Gasteiger charge is 2.26. The van der Waals surface area contributed by atoms with Gasteiger partial charge in [0.2, 0.25) is 5.91 Å². The van der Waals surface area contributed by atoms with E-state index in [1.807, 2.05) is 21.7 Å². The van der Waals surface area contributed by atoms with Crippen molar-refractivity contribution < 1.29 is 9.59 Å². The van der Waals surface area contributed by atoms with Crippen LogP contribution in [-0.4, -0.2) is 60.4 Å². The van der Waals surface area contributed by atoms with Gasteiger partial charge < -0.3 is 10.2 Å². The van der Waals surface area contributed by atoms with Crippen molar-refractivity contribution in [3.63, 3.8) is 0 Å². The number of carbonyl (C=O) groups excluding carboxylic acids is 2. The highest BCUT2D eigenvalue weighted by Crippen LogP contribution is 2.18. The third kappa shape index (κ3) is 3.37. The van der Waals surface area contributed by atoms with Gasteiger partial charge in [-0.15, -0.1) is 0 Å². The molecule has 6 heteroatoms. The maximum Gasteiger partial charge on any atom is 0.254 e. The molecule has 1 aromatic rings. The van der Waals surface area contributed by atoms with Crippen LogP contribution in [0.15, 0.2) is 16.8 Å². The van der Waals surface area contributed by atoms with E-state index in [0.29, 0.717) is 25.7 Å². The van der Waals surface area contributed by atoms with Gasteiger partial charge in [-0.1, -0.05) is 0 Å². The van der Waals surface area contributed by atoms with Crippen molar-refractivity contribution >= 4 is 23.2 Å². The highest BCUT2D eigenvalue weighted by atomic mass is 32.1. The fourth-order valence-corrected chi connectivity index (χ4v) is 3.01. The van der Waals surface area contributed by atoms with Gasteiger partial charge in [0.1, 0.15) is 0 Å². The minimum atomic E-state index is 0.105. The zero-order valence-electron chi connectivity index (χ0n) is 11.4. The van der Waals surface area contributed by atoms with Crippen molar-refractivity contribution in [3.8, 4) is 0 Å². The van der Waals surface area contributed by atoms with Gasteiger partial charge in [0.15, 0.2) is 0 Å². The molecule has 0 unspecified atom stereocenters. The molecule has 0 atom stereocenters. The monoisotopic (exact) mass is 293 g/mol. The second kappa shape index (κ2) is 5.93. The molecule has 108 valence electrons. The van der Waals surface area contributed by atoms with Crippen LogP contribution in [0.1, 0.15) is 23.2 Å². The van der Waals surface area contributed by atoms with Crippen LogP contribution >= 0.6 is 11.3 Å². The number of amides is 2. The lowest BCUT2D eigenvalue weighted by Crippen LogP contribution is -2.51. The second-order valence-corrected chi connectivity index (χ2v) is 6.20. The van der Waals surface area contributed by atoms with Crippen LogP contribution in [0.3, 0.4) is 0 Å². The number of hydrogen-bond donors (Lipinski definition) is 1. The number of piperazine rings is 1. The number of nitrogens with zero attached hydrogens (tertiary/aromatic N) is 2. The third-order valence-electron chi connectivity index (χ3n) is 3.74. The second-order valence-electron chi connectivity index (χ2n) is 5.42. The highest BCUT2D eigenvalue weighted by molar-refractivity contribution is 7.08. The van der Waals surface area contributed by atoms with E-state index in [0.717, 1.165) is 31.5 Å². The molecule has 1 saturated heterocycles. The Labute approximate surface area is 122 Å². The summed E-state index contributed by atoms with van der Waals surface area (Å²) >= 11 is 1.54. The molecule has 1 aromatic heterocycles. The van der Waals surface area contributed by atoms with Gasteiger partial charge in [0, 0.05) is 37.6 Å². The molecule has 2 heterocycles. The van der Waals surface area contributed by atoms with Crippen molar-refractivity contribution in [2.24, 2.45) is 0 Å². The van der Waals surface area contributed by atoms with Crippen molar-refractivity contribution in [2.45, 2.75) is 18.9 Å². The van der Waals surface area contributed by atoms with Crippen LogP contribution in [0.25, 0.3) is 0 Å². The van der Waals surface area contributed by atoms with Crippen LogP contribution < -0.4 is 5.32 Å². The molecule has 2 amide bonds. The molecule has 1 aliphatic carbocycles. The van der Waals surface area contributed by atoms with Crippen molar-refractivity contribution in [2.75, 3.05) is 32.7 Å². The quantitative estimate of drug-likeness (QED) is 0.893. The maximum atomic E-state index is 12.2. The Morgan fingerprint density at radius 2 is 2.00 bits per heavy atom. The Kier molecular flexibility index (Phi) is 4.03. The van der Waals surface area contributed by atoms with Crippen molar-refractivity contribution in [1.82, 2.24) is 15.1 Å². The summed E-state index contributed by atoms with van der Waals surface area (Å²) in [5.41, 5.74) is 0.773. The Morgan fingerprint density at radius 1 is 1.25 bits per heavy atom. The van der Waals surface area contributed by atoms with Gasteiger partial charge >= 0.3 is 0 Å². The van der Waals surface area contributed by atoms with E-state index in [-0.39, 0.29) is 11.8 Å². The Balaban J connectivity index is 1.44. The van der Waals surface area contributed by atoms with Crippen molar-refractivity contribution in [1.29, 1.82) is 0 Å². The maximum absolute atomic E-state index is 12.2. The smallest absolute Gasteiger partial charge is 0.254 e. The summed E-state index contributed by atoms with van der Waals surface area (Å²) in [6, 6.07) is 2.28. The fourth-order valence-electron chi connectivity index (χ4n) is 2.38. The molecule has 1 aliphatic heterocycles. The van der Waals surface area contributed by atoms with E-state index in [1.165, 1.54) is 0 Å². The average molecular weight is 293 g/mol. The molecule has 1 N–H and O–H groups in total. The molecule has 20 heavy (non-hydrogen) atoms. The first-order valence-electron chi connectivity index (χ1n) is 7.05. The lowest BCUT2D eigenvalue weighted by Gasteiger charge is -2.34. The summed E-state index contributed by atoms with van der Waals surface area (Å²) in [5, 5.41) is 6.81. The van der Waals surface area contributed by atoms with Crippen LogP contribution in [0.4, 0.5) is 0 Å². The fraction of sp³-hybridized carbons (Fsp3) is 0.571. The van der Waals surface area contributed by atoms with Crippen LogP contribution in [-0.2, 0) is 4.79 Å². The largest absolute Gasteiger partial charge is 0.352 e. The minimum Gasteiger partial charge on any atom is -0.352 e. The van der Waals surface area contributed by atoms with Crippen LogP contribution in [0.5, 0.6) is 0 Å². The summed E-state index contributed by atoms with van der Waals surface area (Å²) in [4.78, 5) is 27.9. The topological polar surface area (TPSA) is 52.7 Å². The van der Waals surface area contributed by atoms with Gasteiger partial charge in [-0.2, -0.15) is 11.3 Å². The molecule has 0 spiro atoms. The summed E-state index contributed by atoms with van der Waals surface area (Å²) in [5.74, 6) is 0.221. The van der Waals surface area contributed by atoms with E-state index < -0.39 is 0 Å². The molecule has 0 bridgehead atoms. The molecular formula is C14H19N3O2S. The normalized spacial score (nSPS) is 19.9. The molecule has 0 radical (unpaired) electrons. The molecule has 5 nitrogen and oxygen atoms in total. The zero-order chi connectivity index (χ0) is 13.9. The van der Waals surface area contributed by atoms with Crippen LogP contribution in [0.2, 0.25) is 0 Å². The van der Waals surface area contributed by atoms with Crippen molar-refractivity contribution in [3.05, 3.63) is 22.4 Å². The number of nitrogens with one attached hydrogen (secondary N) is 1. The van der Waals surface area contributed by atoms with Crippen LogP contribution in [0, 0.1) is 0 Å². The molecule has 3 rings (SSSR count). The first kappa shape index (κ1) is 13.6. The molecular weight excluding hydrogens is 274 g/mol. The van der Waals surface area contributed by atoms with Gasteiger partial charge in [-0.05, 0) is 24.3 Å². The third-order valence-corrected chi connectivity index (χ3v) is 4.42. The molecule has 2 aliphatic rings. The molecule has 0 aromatic carbocycles. The summed E-state index contributed by atoms with van der Waals surface area (Å²) in [6.45, 7) is 3.40. The summed E-state index contributed by atoms with van der Waals surface area (Å²) < 4.78 is 0. The Hall–Kier alpha value is -1.40. The van der Waals surface area contributed by atoms with E-state index in [2.05, 4.69) is 10.2 Å². The zero-order valence-corrected chi connectivity index (χ0v) is 12.2. The Morgan fingerprint density at radius 3 is 2.60 bits per heavy atom. The van der Waals surface area contributed by atoms with Gasteiger partial charge in [0.05, 0.1) is 12.1 Å². The number of carbonyl (C=O) groups is 2. The lowest BCUT2D eigenvalue weighted by atomic mass is 10.2. The molecule has 1 saturated carbocycles. The van der Waals surface area contributed by atoms with Gasteiger partial charge in [-0.25, -0.2) is 0 Å². The van der Waals surface area contributed by atoms with E-state index in [9.17, 15) is 9.59 Å². The summed E-state index contributed by atoms with van der Waals surface area (Å²) in [7, 11) is 0. The standard InChI is InChI=1S/C14H19N3O2S/c18-13(15-12-1-2-12)9-16-4-6-17(7-5-16)14(19)11-3-8-20-10-11/h3,8,10,12H,1-2,4-7,9H2,(H,15,18). The first-order valence-corrected chi connectivity index (χ1v) is 8.00. The predicted octanol–water partition coefficient (Wildman–Crippen LogP) is 0.784. The summed E-state index contributed by atoms with van der Waals surface area (Å²) in [6.07, 6.45) is 2.24. The van der Waals surface area contributed by atoms with Gasteiger partial charge in [-0.3, -0.25) is 14.5 Å². The Bertz CT molecular complexity index is 477. The minimum absolute atomic E-state index is 0.105. The molecule has 2 fully saturated rings. The SMILES string of the molecule is O=C(CN1CCN(C(=O)c2ccsc2)CC1)NC1CC1. The predicted molar refractivity (Wildman–Crippen MR) is 77.8 cm³/mol. The lowest BCUT2D eigenvalue weighted by molar-refractivity contribution is -0.122. The average Bonchev–Trinajstić information content (AvgIpc) is 3.08. The van der Waals surface area contributed by atoms with Gasteiger partial charge in [0.25, 0.3) is 5.91 Å². The first-order chi connectivity index (χ1) is 9.72. The number of hydrogen-bond acceptors (Lipinski definition) is 4. The number of thiophene rings is 1. The van der Waals surface area contributed by atoms with E-state index >= 15 is 0 Å². The number of rotatable bonds is 4.